The number of rotatable bonds is 7. The minimum atomic E-state index is -0.442. The molecule has 3 aromatic heterocycles. The van der Waals surface area contributed by atoms with E-state index >= 15 is 0 Å². The third kappa shape index (κ3) is 4.41. The number of amides is 2. The lowest BCUT2D eigenvalue weighted by Gasteiger charge is -2.32. The third-order valence-electron chi connectivity index (χ3n) is 7.10. The molecule has 190 valence electrons. The molecule has 2 amide bonds. The Morgan fingerprint density at radius 1 is 1.11 bits per heavy atom. The molecule has 1 aromatic carbocycles. The van der Waals surface area contributed by atoms with Gasteiger partial charge in [0.1, 0.15) is 4.83 Å². The van der Waals surface area contributed by atoms with Gasteiger partial charge in [0.2, 0.25) is 5.95 Å². The zero-order chi connectivity index (χ0) is 25.5. The molecule has 6 rings (SSSR count). The summed E-state index contributed by atoms with van der Waals surface area (Å²) in [4.78, 5) is 42.3. The van der Waals surface area contributed by atoms with E-state index in [-0.39, 0.29) is 11.7 Å². The van der Waals surface area contributed by atoms with Gasteiger partial charge in [0.25, 0.3) is 11.8 Å². The van der Waals surface area contributed by atoms with Gasteiger partial charge < -0.3 is 20.3 Å². The number of aromatic nitrogens is 3. The van der Waals surface area contributed by atoms with E-state index in [1.54, 1.807) is 24.5 Å². The van der Waals surface area contributed by atoms with Crippen molar-refractivity contribution in [1.29, 1.82) is 0 Å². The number of thiophene rings is 1. The maximum Gasteiger partial charge on any atom is 0.261 e. The highest BCUT2D eigenvalue weighted by Gasteiger charge is 2.36. The molecular weight excluding hydrogens is 488 g/mol. The average Bonchev–Trinajstić information content (AvgIpc) is 3.58. The predicted octanol–water partition coefficient (Wildman–Crippen LogP) is 2.93. The number of benzene rings is 1. The molecule has 1 saturated heterocycles. The van der Waals surface area contributed by atoms with Crippen LogP contribution in [0.1, 0.15) is 31.0 Å². The fourth-order valence-corrected chi connectivity index (χ4v) is 6.00. The van der Waals surface area contributed by atoms with Crippen molar-refractivity contribution in [3.8, 4) is 0 Å². The smallest absolute Gasteiger partial charge is 0.261 e. The van der Waals surface area contributed by atoms with Gasteiger partial charge in [0, 0.05) is 42.2 Å². The number of carbonyl (C=O) groups is 2. The summed E-state index contributed by atoms with van der Waals surface area (Å²) in [6, 6.07) is 9.57. The molecule has 0 radical (unpaired) electrons. The minimum absolute atomic E-state index is 0.286. The quantitative estimate of drug-likeness (QED) is 0.279. The number of nitrogens with one attached hydrogen (secondary N) is 3. The van der Waals surface area contributed by atoms with Gasteiger partial charge >= 0.3 is 0 Å². The molecule has 9 nitrogen and oxygen atoms in total. The summed E-state index contributed by atoms with van der Waals surface area (Å²) < 4.78 is 0. The molecule has 1 unspecified atom stereocenters. The van der Waals surface area contributed by atoms with Crippen LogP contribution in [0.5, 0.6) is 0 Å². The molecule has 37 heavy (non-hydrogen) atoms. The van der Waals surface area contributed by atoms with Gasteiger partial charge in [-0.1, -0.05) is 18.2 Å². The predicted molar refractivity (Wildman–Crippen MR) is 145 cm³/mol. The minimum Gasteiger partial charge on any atom is -0.392 e. The van der Waals surface area contributed by atoms with Crippen LogP contribution < -0.4 is 15.5 Å². The zero-order valence-corrected chi connectivity index (χ0v) is 21.3. The highest BCUT2D eigenvalue weighted by Crippen LogP contribution is 2.38. The number of piperidine rings is 1. The molecule has 0 aliphatic carbocycles. The first kappa shape index (κ1) is 23.8. The van der Waals surface area contributed by atoms with Crippen LogP contribution in [0.25, 0.3) is 32.3 Å². The zero-order valence-electron chi connectivity index (χ0n) is 20.5. The first-order valence-corrected chi connectivity index (χ1v) is 13.4. The summed E-state index contributed by atoms with van der Waals surface area (Å²) in [7, 11) is 0. The first-order chi connectivity index (χ1) is 18.0. The monoisotopic (exact) mass is 516 g/mol. The molecule has 10 heteroatoms. The second-order valence-electron chi connectivity index (χ2n) is 9.73. The summed E-state index contributed by atoms with van der Waals surface area (Å²) in [5, 5.41) is 18.9. The van der Waals surface area contributed by atoms with Crippen LogP contribution in [0.2, 0.25) is 0 Å². The normalized spacial score (nSPS) is 17.8. The van der Waals surface area contributed by atoms with Crippen molar-refractivity contribution in [3.63, 3.8) is 0 Å². The van der Waals surface area contributed by atoms with Crippen molar-refractivity contribution in [2.24, 2.45) is 5.92 Å². The van der Waals surface area contributed by atoms with Crippen LogP contribution in [0.15, 0.2) is 41.9 Å². The molecular formula is C27H28N6O3S. The van der Waals surface area contributed by atoms with Crippen LogP contribution >= 0.6 is 11.3 Å². The van der Waals surface area contributed by atoms with Gasteiger partial charge in [-0.15, -0.1) is 11.3 Å². The van der Waals surface area contributed by atoms with Crippen LogP contribution in [0, 0.1) is 5.92 Å². The number of aliphatic hydroxyl groups excluding tert-OH is 1. The molecule has 0 spiro atoms. The van der Waals surface area contributed by atoms with E-state index in [0.29, 0.717) is 35.2 Å². The number of hydrogen-bond acceptors (Lipinski definition) is 8. The number of hydrogen-bond donors (Lipinski definition) is 4. The maximum absolute atomic E-state index is 13.2. The van der Waals surface area contributed by atoms with E-state index in [4.69, 9.17) is 9.97 Å². The number of aliphatic hydroxyl groups is 1. The standard InChI is InChI=1S/C27H28N6O3S/c1-15(34)12-28-13-16-6-9-33(10-7-16)27-30-20-5-3-2-4-18(20)23(31-27)22-21(24(35)32-25(22)36)19-14-29-26-17(19)8-11-37-26/h2-5,8,11,14-16,28-29,34H,6-7,9-10,12-13H2,1H3,(H,32,35,36). The highest BCUT2D eigenvalue weighted by molar-refractivity contribution is 7.16. The lowest BCUT2D eigenvalue weighted by Crippen LogP contribution is -2.39. The fraction of sp³-hybridized carbons (Fsp3) is 0.333. The first-order valence-electron chi connectivity index (χ1n) is 12.6. The van der Waals surface area contributed by atoms with E-state index in [2.05, 4.69) is 20.5 Å². The molecule has 4 N–H and O–H groups in total. The molecule has 1 fully saturated rings. The van der Waals surface area contributed by atoms with Crippen LogP contribution in [0.4, 0.5) is 5.95 Å². The van der Waals surface area contributed by atoms with Gasteiger partial charge in [-0.05, 0) is 49.7 Å². The van der Waals surface area contributed by atoms with E-state index in [0.717, 1.165) is 53.6 Å². The molecule has 1 atom stereocenters. The SMILES string of the molecule is CC(O)CNCC1CCN(c2nc(C3=C(c4c[nH]c5sccc45)C(=O)NC3=O)c3ccccc3n2)CC1. The van der Waals surface area contributed by atoms with Gasteiger partial charge in [-0.3, -0.25) is 14.9 Å². The van der Waals surface area contributed by atoms with Crippen molar-refractivity contribution >= 4 is 61.4 Å². The Morgan fingerprint density at radius 3 is 2.70 bits per heavy atom. The number of carbonyl (C=O) groups excluding carboxylic acids is 2. The Morgan fingerprint density at radius 2 is 1.89 bits per heavy atom. The second kappa shape index (κ2) is 9.70. The Balaban J connectivity index is 1.39. The fourth-order valence-electron chi connectivity index (χ4n) is 5.22. The van der Waals surface area contributed by atoms with Crippen LogP contribution in [-0.4, -0.2) is 64.2 Å². The molecule has 2 aliphatic rings. The van der Waals surface area contributed by atoms with Crippen molar-refractivity contribution in [2.45, 2.75) is 25.9 Å². The topological polar surface area (TPSA) is 123 Å². The van der Waals surface area contributed by atoms with E-state index < -0.39 is 11.8 Å². The van der Waals surface area contributed by atoms with Gasteiger partial charge in [0.15, 0.2) is 0 Å². The summed E-state index contributed by atoms with van der Waals surface area (Å²) >= 11 is 1.55. The number of aromatic amines is 1. The largest absolute Gasteiger partial charge is 0.392 e. The van der Waals surface area contributed by atoms with E-state index in [9.17, 15) is 14.7 Å². The Kier molecular flexibility index (Phi) is 6.23. The molecule has 4 aromatic rings. The summed E-state index contributed by atoms with van der Waals surface area (Å²) in [6.07, 6.45) is 3.38. The van der Waals surface area contributed by atoms with Crippen molar-refractivity contribution in [3.05, 3.63) is 53.2 Å². The van der Waals surface area contributed by atoms with Crippen LogP contribution in [0.3, 0.4) is 0 Å². The van der Waals surface area contributed by atoms with Gasteiger partial charge in [-0.25, -0.2) is 9.97 Å². The van der Waals surface area contributed by atoms with Crippen LogP contribution in [-0.2, 0) is 9.59 Å². The van der Waals surface area contributed by atoms with E-state index in [1.165, 1.54) is 0 Å². The Hall–Kier alpha value is -3.60. The Labute approximate surface area is 217 Å². The summed E-state index contributed by atoms with van der Waals surface area (Å²) in [6.45, 7) is 4.83. The van der Waals surface area contributed by atoms with Crippen molar-refractivity contribution in [1.82, 2.24) is 25.6 Å². The van der Waals surface area contributed by atoms with Crippen molar-refractivity contribution in [2.75, 3.05) is 31.1 Å². The molecule has 0 saturated carbocycles. The number of imide groups is 1. The van der Waals surface area contributed by atoms with Gasteiger partial charge in [0.05, 0.1) is 28.5 Å². The van der Waals surface area contributed by atoms with E-state index in [1.807, 2.05) is 35.7 Å². The number of nitrogens with zero attached hydrogens (tertiary/aromatic N) is 3. The Bertz CT molecular complexity index is 1530. The van der Waals surface area contributed by atoms with Gasteiger partial charge in [-0.2, -0.15) is 0 Å². The lowest BCUT2D eigenvalue weighted by atomic mass is 9.96. The number of anilines is 1. The number of H-pyrrole nitrogens is 1. The highest BCUT2D eigenvalue weighted by atomic mass is 32.1. The molecule has 0 bridgehead atoms. The lowest BCUT2D eigenvalue weighted by molar-refractivity contribution is -0.122. The molecule has 5 heterocycles. The maximum atomic E-state index is 13.2. The number of para-hydroxylation sites is 1. The van der Waals surface area contributed by atoms with Crippen molar-refractivity contribution < 1.29 is 14.7 Å². The molecule has 2 aliphatic heterocycles. The second-order valence-corrected chi connectivity index (χ2v) is 10.6. The summed E-state index contributed by atoms with van der Waals surface area (Å²) in [5.74, 6) is 0.228. The number of fused-ring (bicyclic) bond motifs is 2. The third-order valence-corrected chi connectivity index (χ3v) is 7.95. The summed E-state index contributed by atoms with van der Waals surface area (Å²) in [5.41, 5.74) is 2.53. The average molecular weight is 517 g/mol.